The average molecular weight is 2080 g/mol. The van der Waals surface area contributed by atoms with Crippen LogP contribution in [-0.2, 0) is 106 Å². The molecule has 1 aliphatic rings. The fourth-order valence-corrected chi connectivity index (χ4v) is 15.6. The molecule has 17 amide bonds. The Balaban J connectivity index is 1.37. The first-order valence-electron chi connectivity index (χ1n) is 49.2. The van der Waals surface area contributed by atoms with E-state index in [0.717, 1.165) is 6.92 Å². The minimum absolute atomic E-state index is 0.00918. The number of allylic oxidation sites excluding steroid dienone is 2. The van der Waals surface area contributed by atoms with Gasteiger partial charge in [0.15, 0.2) is 17.9 Å². The van der Waals surface area contributed by atoms with Gasteiger partial charge < -0.3 is 160 Å². The number of rotatable bonds is 54. The van der Waals surface area contributed by atoms with E-state index in [1.165, 1.54) is 13.8 Å². The molecule has 18 atom stereocenters. The SMILES string of the molecule is CC[C@H](C)[C@@H]1NC(=O)[C@H](Cc2ccccc2)NC(=O)[C@@](C)(NC(=O)[C@H](CCCNC(=N)N)NC(=O)CNC(=O)[C@@H](N)CO)CCC/C=C/CCC[C@@](C)(C(=O)N[C@H](C(=O)N[C@H](C(=O)N[C@@H](Cc2ccccc2)C(=O)N[C@H](C(=O)N[C@@H](CO)C(=O)NCC(=O)NCC(=O)N[C@@H](CO)C(=O)N[C@@H](CCCNC(=N)N)C(=O)N[C@@H](Cc2c[nH]c3ccccc23)C(=O)O)[C@@H](C)O)[C@@H](C)CC)C(C)C)NC(=O)[C@H](CCCNC(=N)N)NC1=O. The van der Waals surface area contributed by atoms with Gasteiger partial charge in [-0.25, -0.2) is 4.79 Å². The van der Waals surface area contributed by atoms with Gasteiger partial charge in [0.25, 0.3) is 0 Å². The molecule has 0 radical (unpaired) electrons. The first kappa shape index (κ1) is 123. The van der Waals surface area contributed by atoms with E-state index < -0.39 is 271 Å². The predicted molar refractivity (Wildman–Crippen MR) is 544 cm³/mol. The number of nitrogens with one attached hydrogen (secondary N) is 24. The van der Waals surface area contributed by atoms with Crippen LogP contribution in [0.15, 0.2) is 103 Å². The minimum Gasteiger partial charge on any atom is -0.480 e. The van der Waals surface area contributed by atoms with Crippen molar-refractivity contribution in [1.29, 1.82) is 16.2 Å². The van der Waals surface area contributed by atoms with Gasteiger partial charge in [0, 0.05) is 56.0 Å². The third-order valence-corrected chi connectivity index (χ3v) is 24.8. The van der Waals surface area contributed by atoms with Crippen molar-refractivity contribution < 1.29 is 112 Å². The van der Waals surface area contributed by atoms with Crippen LogP contribution in [0.3, 0.4) is 0 Å². The largest absolute Gasteiger partial charge is 0.480 e. The van der Waals surface area contributed by atoms with E-state index in [2.05, 4.69) is 111 Å². The van der Waals surface area contributed by atoms with E-state index in [4.69, 9.17) is 39.2 Å². The van der Waals surface area contributed by atoms with Crippen LogP contribution < -0.4 is 129 Å². The quantitative estimate of drug-likeness (QED) is 0.00846. The molecule has 1 aromatic heterocycles. The molecular weight excluding hydrogens is 1930 g/mol. The van der Waals surface area contributed by atoms with Crippen molar-refractivity contribution in [2.75, 3.05) is 59.1 Å². The summed E-state index contributed by atoms with van der Waals surface area (Å²) in [5, 5.41) is 126. The molecule has 0 bridgehead atoms. The van der Waals surface area contributed by atoms with Crippen molar-refractivity contribution in [1.82, 2.24) is 111 Å². The number of hydrogen-bond acceptors (Lipinski definition) is 26. The van der Waals surface area contributed by atoms with E-state index in [0.29, 0.717) is 27.6 Å². The maximum atomic E-state index is 15.5. The fourth-order valence-electron chi connectivity index (χ4n) is 15.6. The summed E-state index contributed by atoms with van der Waals surface area (Å²) < 4.78 is 0. The molecule has 0 aliphatic carbocycles. The summed E-state index contributed by atoms with van der Waals surface area (Å²) in [5.41, 5.74) is 20.6. The standard InChI is InChI=1S/C97H150N28O23/c1-10-54(5)75-87(142)115-65(37-28-42-107-95(103)104)85(140)125-97(9,39-25-15-13-12-14-24-38-96(8,91(147)119-67(82(137)120-75)44-58-31-20-17-21-32-58)124-84(139)64(36-27-41-106-94(101)102)112-73(132)49-110-78(133)61(98)50-126)92(148)123-74(53(3)4)86(141)121-76(55(6)11-2)88(143)116-66(43-57-29-18-16-19-30-57)81(136)122-77(56(7)129)89(144)118-69(51-127)79(134)111-47-71(130)109-48-72(131)113-70(52-128)83(138)114-63(35-26-40-105-93(99)100)80(135)117-68(90(145)146)45-59-46-108-62-34-23-22-33-60(59)62/h12-13,16-23,29-34,46,53-56,61,63-70,74-77,108,126-129H,10-11,14-15,24-28,35-45,47-52,98H2,1-9H3,(H,109,130)(H,110,133)(H,111,134)(H,112,132)(H,113,131)(H,114,138)(H,115,142)(H,116,143)(H,117,135)(H,118,144)(H,119,147)(H,120,137)(H,121,141)(H,122,136)(H,123,148)(H,124,139)(H,125,140)(H,145,146)(H4,99,100,105)(H4,101,102,106)(H4,103,104,107)/b13-12+/t54-,55-,56+,61-,63-,64-,65-,66-,67-,68-,69-,70-,74-,75-,76-,77-,96-,97-/m0/s1. The molecule has 0 saturated carbocycles. The molecular formula is C97H150N28O23. The third-order valence-electron chi connectivity index (χ3n) is 24.8. The number of hydrogen-bond donors (Lipinski definition) is 33. The van der Waals surface area contributed by atoms with Crippen LogP contribution in [0.25, 0.3) is 10.9 Å². The monoisotopic (exact) mass is 2080 g/mol. The maximum Gasteiger partial charge on any atom is 0.326 e. The normalized spacial score (nSPS) is 19.2. The number of fused-ring (bicyclic) bond motifs is 1. The molecule has 5 rings (SSSR count). The van der Waals surface area contributed by atoms with Gasteiger partial charge in [-0.15, -0.1) is 0 Å². The number of aliphatic carboxylic acids is 1. The van der Waals surface area contributed by atoms with Crippen molar-refractivity contribution in [2.24, 2.45) is 40.7 Å². The van der Waals surface area contributed by atoms with Crippen molar-refractivity contribution in [3.63, 3.8) is 0 Å². The number of nitrogens with two attached hydrogens (primary N) is 4. The first-order chi connectivity index (χ1) is 70.1. The zero-order valence-corrected chi connectivity index (χ0v) is 84.9. The third kappa shape index (κ3) is 41.9. The van der Waals surface area contributed by atoms with Crippen LogP contribution >= 0.6 is 0 Å². The average Bonchev–Trinajstić information content (AvgIpc) is 1.06. The number of carboxylic acids is 1. The molecule has 4 aromatic rings. The molecule has 37 N–H and O–H groups in total. The fraction of sp³-hybridized carbons (Fsp3) is 0.557. The number of aromatic amines is 1. The topological polar surface area (TPSA) is 840 Å². The highest BCUT2D eigenvalue weighted by Gasteiger charge is 2.45. The Morgan fingerprint density at radius 1 is 0.473 bits per heavy atom. The number of aliphatic hydroxyl groups excluding tert-OH is 4. The van der Waals surface area contributed by atoms with Crippen molar-refractivity contribution in [3.05, 3.63) is 120 Å². The number of para-hydroxylation sites is 1. The number of amides is 17. The second-order valence-corrected chi connectivity index (χ2v) is 37.2. The number of benzene rings is 3. The van der Waals surface area contributed by atoms with Gasteiger partial charge in [-0.3, -0.25) is 97.7 Å². The molecule has 3 aromatic carbocycles. The smallest absolute Gasteiger partial charge is 0.326 e. The second kappa shape index (κ2) is 62.8. The molecule has 51 nitrogen and oxygen atoms in total. The van der Waals surface area contributed by atoms with Gasteiger partial charge in [0.1, 0.15) is 89.6 Å². The Hall–Kier alpha value is -15.0. The Morgan fingerprint density at radius 3 is 1.53 bits per heavy atom. The molecule has 148 heavy (non-hydrogen) atoms. The molecule has 0 spiro atoms. The molecule has 0 unspecified atom stereocenters. The highest BCUT2D eigenvalue weighted by Crippen LogP contribution is 2.25. The molecule has 2 heterocycles. The molecule has 0 fully saturated rings. The summed E-state index contributed by atoms with van der Waals surface area (Å²) in [6.45, 7) is 8.51. The van der Waals surface area contributed by atoms with Crippen molar-refractivity contribution in [2.45, 2.75) is 267 Å². The number of aromatic nitrogens is 1. The summed E-state index contributed by atoms with van der Waals surface area (Å²) in [7, 11) is 0. The lowest BCUT2D eigenvalue weighted by Crippen LogP contribution is -2.65. The van der Waals surface area contributed by atoms with Crippen LogP contribution in [0.2, 0.25) is 0 Å². The van der Waals surface area contributed by atoms with E-state index in [9.17, 15) is 78.3 Å². The number of guanidine groups is 3. The summed E-state index contributed by atoms with van der Waals surface area (Å²) >= 11 is 0. The van der Waals surface area contributed by atoms with Gasteiger partial charge in [-0.05, 0) is 138 Å². The molecule has 0 saturated heterocycles. The van der Waals surface area contributed by atoms with Gasteiger partial charge in [-0.1, -0.05) is 145 Å². The van der Waals surface area contributed by atoms with Gasteiger partial charge >= 0.3 is 5.97 Å². The number of aliphatic hydroxyl groups is 4. The van der Waals surface area contributed by atoms with Crippen molar-refractivity contribution in [3.8, 4) is 0 Å². The summed E-state index contributed by atoms with van der Waals surface area (Å²) in [6, 6.07) is 3.26. The lowest BCUT2D eigenvalue weighted by Gasteiger charge is -2.35. The minimum atomic E-state index is -1.97. The zero-order valence-electron chi connectivity index (χ0n) is 84.9. The number of carboxylic acid groups (broad SMARTS) is 1. The van der Waals surface area contributed by atoms with E-state index >= 15 is 33.6 Å². The summed E-state index contributed by atoms with van der Waals surface area (Å²) in [4.78, 5) is 259. The lowest BCUT2D eigenvalue weighted by atomic mass is 9.90. The van der Waals surface area contributed by atoms with Gasteiger partial charge in [-0.2, -0.15) is 0 Å². The molecule has 51 heteroatoms. The van der Waals surface area contributed by atoms with Crippen molar-refractivity contribution >= 4 is 135 Å². The van der Waals surface area contributed by atoms with Gasteiger partial charge in [0.05, 0.1) is 45.6 Å². The van der Waals surface area contributed by atoms with E-state index in [-0.39, 0.29) is 135 Å². The molecule has 816 valence electrons. The Bertz CT molecular complexity index is 5210. The number of carbonyl (C=O) groups excluding carboxylic acids is 17. The maximum absolute atomic E-state index is 15.5. The van der Waals surface area contributed by atoms with E-state index in [1.54, 1.807) is 145 Å². The van der Waals surface area contributed by atoms with E-state index in [1.807, 2.05) is 0 Å². The van der Waals surface area contributed by atoms with Crippen LogP contribution in [0, 0.1) is 34.0 Å². The Labute approximate surface area is 857 Å². The van der Waals surface area contributed by atoms with Gasteiger partial charge in [0.2, 0.25) is 100 Å². The number of carbonyl (C=O) groups is 18. The zero-order chi connectivity index (χ0) is 110. The Morgan fingerprint density at radius 2 is 0.966 bits per heavy atom. The second-order valence-electron chi connectivity index (χ2n) is 37.2. The molecule has 1 aliphatic heterocycles. The number of H-pyrrole nitrogens is 1. The Kier molecular flexibility index (Phi) is 52.4. The van der Waals surface area contributed by atoms with Crippen LogP contribution in [0.5, 0.6) is 0 Å². The summed E-state index contributed by atoms with van der Waals surface area (Å²) in [5.74, 6) is -21.5. The van der Waals surface area contributed by atoms with Crippen LogP contribution in [0.4, 0.5) is 0 Å². The highest BCUT2D eigenvalue weighted by atomic mass is 16.4. The van der Waals surface area contributed by atoms with Crippen LogP contribution in [0.1, 0.15) is 169 Å². The lowest BCUT2D eigenvalue weighted by molar-refractivity contribution is -0.142. The first-order valence-corrected chi connectivity index (χ1v) is 49.2. The predicted octanol–water partition coefficient (Wildman–Crippen LogP) is -6.67. The van der Waals surface area contributed by atoms with Crippen LogP contribution in [-0.4, -0.2) is 310 Å². The highest BCUT2D eigenvalue weighted by molar-refractivity contribution is 6.03. The summed E-state index contributed by atoms with van der Waals surface area (Å²) in [6.07, 6.45) is 3.49.